The van der Waals surface area contributed by atoms with Crippen molar-refractivity contribution in [3.63, 3.8) is 0 Å². The molecule has 3 rings (SSSR count). The molecule has 1 saturated heterocycles. The third-order valence-corrected chi connectivity index (χ3v) is 6.09. The number of piperidine rings is 1. The van der Waals surface area contributed by atoms with Crippen LogP contribution in [0.25, 0.3) is 0 Å². The van der Waals surface area contributed by atoms with Crippen LogP contribution < -0.4 is 5.32 Å². The Hall–Kier alpha value is -1.91. The SMILES string of the molecule is CC1(C)CC(NC(=O)[C@@H]2CCC(=O)N(Cc3ccccc3F)C2)CC(C)(C)C1. The van der Waals surface area contributed by atoms with Crippen molar-refractivity contribution in [2.75, 3.05) is 6.54 Å². The average Bonchev–Trinajstić information content (AvgIpc) is 2.55. The molecule has 1 N–H and O–H groups in total. The van der Waals surface area contributed by atoms with Crippen LogP contribution >= 0.6 is 0 Å². The molecule has 1 saturated carbocycles. The predicted octanol–water partition coefficient (Wildman–Crippen LogP) is 4.29. The molecule has 1 aliphatic heterocycles. The van der Waals surface area contributed by atoms with E-state index in [0.717, 1.165) is 19.3 Å². The van der Waals surface area contributed by atoms with Crippen LogP contribution in [0, 0.1) is 22.6 Å². The summed E-state index contributed by atoms with van der Waals surface area (Å²) in [5.41, 5.74) is 0.908. The van der Waals surface area contributed by atoms with Gasteiger partial charge in [0.15, 0.2) is 0 Å². The Labute approximate surface area is 167 Å². The van der Waals surface area contributed by atoms with Gasteiger partial charge in [-0.05, 0) is 42.6 Å². The lowest BCUT2D eigenvalue weighted by molar-refractivity contribution is -0.139. The lowest BCUT2D eigenvalue weighted by Gasteiger charge is -2.45. The zero-order valence-electron chi connectivity index (χ0n) is 17.6. The number of carbonyl (C=O) groups excluding carboxylic acids is 2. The van der Waals surface area contributed by atoms with E-state index in [2.05, 4.69) is 33.0 Å². The van der Waals surface area contributed by atoms with E-state index in [0.29, 0.717) is 24.9 Å². The number of hydrogen-bond donors (Lipinski definition) is 1. The molecule has 0 radical (unpaired) electrons. The first-order valence-electron chi connectivity index (χ1n) is 10.4. The summed E-state index contributed by atoms with van der Waals surface area (Å²) in [5, 5.41) is 3.26. The van der Waals surface area contributed by atoms with Gasteiger partial charge in [-0.3, -0.25) is 9.59 Å². The van der Waals surface area contributed by atoms with Gasteiger partial charge >= 0.3 is 0 Å². The number of hydrogen-bond acceptors (Lipinski definition) is 2. The number of amides is 2. The molecule has 0 unspecified atom stereocenters. The minimum absolute atomic E-state index is 0.00719. The maximum absolute atomic E-state index is 14.0. The maximum atomic E-state index is 14.0. The highest BCUT2D eigenvalue weighted by atomic mass is 19.1. The molecule has 1 aromatic carbocycles. The molecule has 5 heteroatoms. The van der Waals surface area contributed by atoms with Crippen LogP contribution in [0.4, 0.5) is 4.39 Å². The summed E-state index contributed by atoms with van der Waals surface area (Å²) in [5.74, 6) is -0.511. The van der Waals surface area contributed by atoms with E-state index < -0.39 is 0 Å². The van der Waals surface area contributed by atoms with Gasteiger partial charge in [0, 0.05) is 31.1 Å². The van der Waals surface area contributed by atoms with E-state index >= 15 is 0 Å². The lowest BCUT2D eigenvalue weighted by Crippen LogP contribution is -2.51. The molecular formula is C23H33FN2O2. The fourth-order valence-corrected chi connectivity index (χ4v) is 5.38. The Balaban J connectivity index is 1.62. The Bertz CT molecular complexity index is 728. The number of rotatable bonds is 4. The van der Waals surface area contributed by atoms with E-state index in [9.17, 15) is 14.0 Å². The molecular weight excluding hydrogens is 355 g/mol. The van der Waals surface area contributed by atoms with Gasteiger partial charge < -0.3 is 10.2 Å². The summed E-state index contributed by atoms with van der Waals surface area (Å²) < 4.78 is 14.0. The first-order valence-corrected chi connectivity index (χ1v) is 10.4. The van der Waals surface area contributed by atoms with Crippen molar-refractivity contribution in [2.45, 2.75) is 72.4 Å². The van der Waals surface area contributed by atoms with E-state index in [1.807, 2.05) is 0 Å². The second-order valence-corrected chi connectivity index (χ2v) is 10.2. The average molecular weight is 389 g/mol. The molecule has 1 aliphatic carbocycles. The molecule has 154 valence electrons. The zero-order chi connectivity index (χ0) is 20.5. The van der Waals surface area contributed by atoms with Crippen LogP contribution in [0.2, 0.25) is 0 Å². The molecule has 0 spiro atoms. The van der Waals surface area contributed by atoms with Crippen LogP contribution in [-0.2, 0) is 16.1 Å². The molecule has 28 heavy (non-hydrogen) atoms. The number of benzene rings is 1. The van der Waals surface area contributed by atoms with Gasteiger partial charge in [-0.2, -0.15) is 0 Å². The first kappa shape index (κ1) is 20.8. The van der Waals surface area contributed by atoms with Crippen molar-refractivity contribution in [1.29, 1.82) is 0 Å². The first-order chi connectivity index (χ1) is 13.0. The molecule has 1 atom stereocenters. The van der Waals surface area contributed by atoms with Crippen LogP contribution in [0.3, 0.4) is 0 Å². The summed E-state index contributed by atoms with van der Waals surface area (Å²) in [4.78, 5) is 26.9. The van der Waals surface area contributed by atoms with Crippen molar-refractivity contribution >= 4 is 11.8 Å². The normalized spacial score (nSPS) is 24.8. The quantitative estimate of drug-likeness (QED) is 0.837. The summed E-state index contributed by atoms with van der Waals surface area (Å²) in [6.07, 6.45) is 4.02. The van der Waals surface area contributed by atoms with Crippen molar-refractivity contribution in [3.8, 4) is 0 Å². The fraction of sp³-hybridized carbons (Fsp3) is 0.652. The number of nitrogens with zero attached hydrogens (tertiary/aromatic N) is 1. The van der Waals surface area contributed by atoms with Gasteiger partial charge in [0.2, 0.25) is 11.8 Å². The van der Waals surface area contributed by atoms with Crippen molar-refractivity contribution < 1.29 is 14.0 Å². The molecule has 0 aromatic heterocycles. The Morgan fingerprint density at radius 3 is 2.46 bits per heavy atom. The maximum Gasteiger partial charge on any atom is 0.225 e. The minimum atomic E-state index is -0.312. The molecule has 2 amide bonds. The second-order valence-electron chi connectivity index (χ2n) is 10.2. The third-order valence-electron chi connectivity index (χ3n) is 6.09. The number of halogens is 1. The van der Waals surface area contributed by atoms with Crippen LogP contribution in [0.5, 0.6) is 0 Å². The Kier molecular flexibility index (Phi) is 5.83. The van der Waals surface area contributed by atoms with Gasteiger partial charge in [-0.1, -0.05) is 45.9 Å². The largest absolute Gasteiger partial charge is 0.353 e. The van der Waals surface area contributed by atoms with Crippen LogP contribution in [-0.4, -0.2) is 29.3 Å². The molecule has 0 bridgehead atoms. The van der Waals surface area contributed by atoms with Crippen molar-refractivity contribution in [1.82, 2.24) is 10.2 Å². The second kappa shape index (κ2) is 7.84. The van der Waals surface area contributed by atoms with E-state index in [1.54, 1.807) is 23.1 Å². The summed E-state index contributed by atoms with van der Waals surface area (Å²) in [6.45, 7) is 9.65. The summed E-state index contributed by atoms with van der Waals surface area (Å²) in [6, 6.07) is 6.67. The van der Waals surface area contributed by atoms with Crippen molar-refractivity contribution in [3.05, 3.63) is 35.6 Å². The minimum Gasteiger partial charge on any atom is -0.353 e. The fourth-order valence-electron chi connectivity index (χ4n) is 5.38. The highest BCUT2D eigenvalue weighted by Crippen LogP contribution is 2.45. The zero-order valence-corrected chi connectivity index (χ0v) is 17.6. The van der Waals surface area contributed by atoms with Gasteiger partial charge in [-0.15, -0.1) is 0 Å². The van der Waals surface area contributed by atoms with E-state index in [-0.39, 0.29) is 47.0 Å². The van der Waals surface area contributed by atoms with Crippen LogP contribution in [0.1, 0.15) is 65.4 Å². The molecule has 1 heterocycles. The Morgan fingerprint density at radius 1 is 1.18 bits per heavy atom. The van der Waals surface area contributed by atoms with E-state index in [1.165, 1.54) is 6.07 Å². The number of likely N-dealkylation sites (tertiary alicyclic amines) is 1. The summed E-state index contributed by atoms with van der Waals surface area (Å²) >= 11 is 0. The lowest BCUT2D eigenvalue weighted by atomic mass is 9.63. The smallest absolute Gasteiger partial charge is 0.225 e. The summed E-state index contributed by atoms with van der Waals surface area (Å²) in [7, 11) is 0. The molecule has 1 aromatic rings. The van der Waals surface area contributed by atoms with Gasteiger partial charge in [0.1, 0.15) is 5.82 Å². The predicted molar refractivity (Wildman–Crippen MR) is 108 cm³/mol. The standard InChI is InChI=1S/C23H33FN2O2/c1-22(2)11-18(12-23(3,4)15-22)25-21(28)17-9-10-20(27)26(14-17)13-16-7-5-6-8-19(16)24/h5-8,17-18H,9-15H2,1-4H3,(H,25,28)/t17-/m1/s1. The molecule has 2 fully saturated rings. The van der Waals surface area contributed by atoms with Gasteiger partial charge in [-0.25, -0.2) is 4.39 Å². The van der Waals surface area contributed by atoms with Crippen LogP contribution in [0.15, 0.2) is 24.3 Å². The topological polar surface area (TPSA) is 49.4 Å². The van der Waals surface area contributed by atoms with E-state index in [4.69, 9.17) is 0 Å². The monoisotopic (exact) mass is 388 g/mol. The van der Waals surface area contributed by atoms with Crippen molar-refractivity contribution in [2.24, 2.45) is 16.7 Å². The third kappa shape index (κ3) is 5.12. The van der Waals surface area contributed by atoms with Gasteiger partial charge in [0.05, 0.1) is 5.92 Å². The highest BCUT2D eigenvalue weighted by Gasteiger charge is 2.40. The highest BCUT2D eigenvalue weighted by molar-refractivity contribution is 5.84. The molecule has 2 aliphatic rings. The molecule has 4 nitrogen and oxygen atoms in total. The Morgan fingerprint density at radius 2 is 1.82 bits per heavy atom. The number of carbonyl (C=O) groups is 2. The van der Waals surface area contributed by atoms with Gasteiger partial charge in [0.25, 0.3) is 0 Å². The number of nitrogens with one attached hydrogen (secondary N) is 1.